The Hall–Kier alpha value is -2.41. The van der Waals surface area contributed by atoms with Crippen LogP contribution in [0.25, 0.3) is 0 Å². The van der Waals surface area contributed by atoms with Crippen LogP contribution in [-0.4, -0.2) is 26.8 Å². The second-order valence-electron chi connectivity index (χ2n) is 7.07. The van der Waals surface area contributed by atoms with E-state index in [9.17, 15) is 4.79 Å². The predicted molar refractivity (Wildman–Crippen MR) is 117 cm³/mol. The lowest BCUT2D eigenvalue weighted by Gasteiger charge is -2.27. The van der Waals surface area contributed by atoms with Crippen molar-refractivity contribution in [1.29, 1.82) is 0 Å². The van der Waals surface area contributed by atoms with Crippen LogP contribution in [0.3, 0.4) is 0 Å². The molecule has 0 saturated carbocycles. The number of carbonyl (C=O) groups is 1. The molecule has 30 heavy (non-hydrogen) atoms. The van der Waals surface area contributed by atoms with Crippen LogP contribution in [0.5, 0.6) is 0 Å². The van der Waals surface area contributed by atoms with E-state index in [2.05, 4.69) is 34.0 Å². The second-order valence-corrected chi connectivity index (χ2v) is 7.91. The fourth-order valence-electron chi connectivity index (χ4n) is 2.93. The number of rotatable bonds is 9. The van der Waals surface area contributed by atoms with E-state index in [1.807, 2.05) is 24.3 Å². The monoisotopic (exact) mass is 446 g/mol. The molecule has 0 fully saturated rings. The smallest absolute Gasteiger partial charge is 0.273 e. The summed E-state index contributed by atoms with van der Waals surface area (Å²) < 4.78 is 5.57. The van der Waals surface area contributed by atoms with E-state index >= 15 is 0 Å². The maximum absolute atomic E-state index is 12.4. The quantitative estimate of drug-likeness (QED) is 0.494. The summed E-state index contributed by atoms with van der Waals surface area (Å²) in [5.41, 5.74) is 2.14. The van der Waals surface area contributed by atoms with Gasteiger partial charge in [0.15, 0.2) is 5.69 Å². The molecule has 6 nitrogen and oxygen atoms in total. The number of benzene rings is 1. The number of carbonyl (C=O) groups excluding carboxylic acids is 1. The Morgan fingerprint density at radius 3 is 2.80 bits per heavy atom. The number of aromatic nitrogens is 2. The Bertz CT molecular complexity index is 978. The summed E-state index contributed by atoms with van der Waals surface area (Å²) in [5, 5.41) is 4.05. The maximum Gasteiger partial charge on any atom is 0.273 e. The van der Waals surface area contributed by atoms with Crippen molar-refractivity contribution in [1.82, 2.24) is 20.2 Å². The van der Waals surface area contributed by atoms with Crippen LogP contribution in [-0.2, 0) is 19.6 Å². The molecule has 1 aromatic carbocycles. The van der Waals surface area contributed by atoms with E-state index in [0.29, 0.717) is 35.6 Å². The number of oxazole rings is 1. The Morgan fingerprint density at radius 2 is 2.10 bits per heavy atom. The van der Waals surface area contributed by atoms with E-state index in [1.165, 1.54) is 6.26 Å². The first-order valence-electron chi connectivity index (χ1n) is 9.75. The van der Waals surface area contributed by atoms with E-state index in [1.54, 1.807) is 18.5 Å². The normalized spacial score (nSPS) is 12.2. The number of nitrogens with one attached hydrogen (secondary N) is 1. The van der Waals surface area contributed by atoms with Crippen molar-refractivity contribution < 1.29 is 9.21 Å². The molecule has 0 aliphatic carbocycles. The molecule has 8 heteroatoms. The van der Waals surface area contributed by atoms with E-state index in [0.717, 1.165) is 17.5 Å². The molecule has 158 valence electrons. The molecule has 0 aliphatic heterocycles. The molecule has 0 radical (unpaired) electrons. The van der Waals surface area contributed by atoms with Crippen molar-refractivity contribution >= 4 is 29.1 Å². The molecular weight excluding hydrogens is 423 g/mol. The van der Waals surface area contributed by atoms with Gasteiger partial charge >= 0.3 is 0 Å². The highest BCUT2D eigenvalue weighted by Gasteiger charge is 2.19. The van der Waals surface area contributed by atoms with Crippen molar-refractivity contribution in [2.24, 2.45) is 0 Å². The van der Waals surface area contributed by atoms with Gasteiger partial charge in [0.05, 0.1) is 6.54 Å². The average molecular weight is 447 g/mol. The predicted octanol–water partition coefficient (Wildman–Crippen LogP) is 5.11. The van der Waals surface area contributed by atoms with Crippen molar-refractivity contribution in [2.45, 2.75) is 45.9 Å². The van der Waals surface area contributed by atoms with Gasteiger partial charge in [-0.05, 0) is 42.7 Å². The number of nitrogens with zero attached hydrogens (tertiary/aromatic N) is 3. The Balaban J connectivity index is 1.65. The van der Waals surface area contributed by atoms with E-state index < -0.39 is 0 Å². The number of hydrogen-bond donors (Lipinski definition) is 1. The first-order chi connectivity index (χ1) is 14.5. The lowest BCUT2D eigenvalue weighted by atomic mass is 10.1. The molecule has 3 rings (SSSR count). The van der Waals surface area contributed by atoms with Crippen LogP contribution in [0.4, 0.5) is 0 Å². The molecule has 0 spiro atoms. The van der Waals surface area contributed by atoms with Crippen LogP contribution >= 0.6 is 23.2 Å². The summed E-state index contributed by atoms with van der Waals surface area (Å²) in [7, 11) is 0. The topological polar surface area (TPSA) is 71.3 Å². The summed E-state index contributed by atoms with van der Waals surface area (Å²) in [6.07, 6.45) is 5.73. The summed E-state index contributed by atoms with van der Waals surface area (Å²) in [5.74, 6) is 0.191. The fourth-order valence-corrected chi connectivity index (χ4v) is 3.40. The van der Waals surface area contributed by atoms with Gasteiger partial charge in [0.2, 0.25) is 5.89 Å². The van der Waals surface area contributed by atoms with Crippen molar-refractivity contribution in [2.75, 3.05) is 0 Å². The molecule has 0 bridgehead atoms. The van der Waals surface area contributed by atoms with Gasteiger partial charge < -0.3 is 9.73 Å². The Morgan fingerprint density at radius 1 is 1.27 bits per heavy atom. The lowest BCUT2D eigenvalue weighted by molar-refractivity contribution is 0.0945. The third kappa shape index (κ3) is 6.05. The lowest BCUT2D eigenvalue weighted by Crippen LogP contribution is -2.32. The molecule has 3 aromatic rings. The summed E-state index contributed by atoms with van der Waals surface area (Å²) in [6, 6.07) is 9.48. The minimum atomic E-state index is -0.287. The molecular formula is C22H24Cl2N4O2. The molecule has 1 N–H and O–H groups in total. The highest BCUT2D eigenvalue weighted by Crippen LogP contribution is 2.24. The zero-order valence-corrected chi connectivity index (χ0v) is 18.5. The zero-order valence-electron chi connectivity index (χ0n) is 16.9. The Labute approximate surface area is 186 Å². The second kappa shape index (κ2) is 10.6. The molecule has 1 atom stereocenters. The highest BCUT2D eigenvalue weighted by atomic mass is 35.5. The van der Waals surface area contributed by atoms with Gasteiger partial charge in [-0.15, -0.1) is 0 Å². The average Bonchev–Trinajstić information content (AvgIpc) is 3.22. The molecule has 2 aromatic heterocycles. The highest BCUT2D eigenvalue weighted by molar-refractivity contribution is 6.35. The first kappa shape index (κ1) is 22.3. The SMILES string of the molecule is CCC(C)N(Cc1nc(C(=O)NCc2cccnc2)co1)Cc1ccc(Cl)cc1Cl. The van der Waals surface area contributed by atoms with E-state index in [-0.39, 0.29) is 17.6 Å². The van der Waals surface area contributed by atoms with Gasteiger partial charge in [0.1, 0.15) is 6.26 Å². The van der Waals surface area contributed by atoms with Crippen LogP contribution in [0, 0.1) is 0 Å². The molecule has 2 heterocycles. The van der Waals surface area contributed by atoms with Crippen molar-refractivity contribution in [3.8, 4) is 0 Å². The van der Waals surface area contributed by atoms with Gasteiger partial charge in [-0.3, -0.25) is 14.7 Å². The fraction of sp³-hybridized carbons (Fsp3) is 0.318. The third-order valence-electron chi connectivity index (χ3n) is 4.90. The number of halogens is 2. The Kier molecular flexibility index (Phi) is 7.85. The van der Waals surface area contributed by atoms with Gasteiger partial charge in [0, 0.05) is 41.6 Å². The first-order valence-corrected chi connectivity index (χ1v) is 10.5. The van der Waals surface area contributed by atoms with Crippen molar-refractivity contribution in [3.05, 3.63) is 81.7 Å². The number of amides is 1. The van der Waals surface area contributed by atoms with Gasteiger partial charge in [-0.2, -0.15) is 0 Å². The molecule has 1 amide bonds. The summed E-state index contributed by atoms with van der Waals surface area (Å²) in [6.45, 7) is 5.71. The zero-order chi connectivity index (χ0) is 21.5. The van der Waals surface area contributed by atoms with Crippen LogP contribution < -0.4 is 5.32 Å². The van der Waals surface area contributed by atoms with Crippen LogP contribution in [0.1, 0.15) is 47.8 Å². The molecule has 0 aliphatic rings. The van der Waals surface area contributed by atoms with Crippen molar-refractivity contribution in [3.63, 3.8) is 0 Å². The summed E-state index contributed by atoms with van der Waals surface area (Å²) >= 11 is 12.4. The van der Waals surface area contributed by atoms with Crippen LogP contribution in [0.2, 0.25) is 10.0 Å². The minimum Gasteiger partial charge on any atom is -0.447 e. The maximum atomic E-state index is 12.4. The molecule has 0 saturated heterocycles. The van der Waals surface area contributed by atoms with Gasteiger partial charge in [-0.1, -0.05) is 42.3 Å². The molecule has 1 unspecified atom stereocenters. The number of hydrogen-bond acceptors (Lipinski definition) is 5. The van der Waals surface area contributed by atoms with Gasteiger partial charge in [-0.25, -0.2) is 4.98 Å². The standard InChI is InChI=1S/C22H24Cl2N4O2/c1-3-15(2)28(12-17-6-7-18(23)9-19(17)24)13-21-27-20(14-30-21)22(29)26-11-16-5-4-8-25-10-16/h4-10,14-15H,3,11-13H2,1-2H3,(H,26,29). The number of pyridine rings is 1. The van der Waals surface area contributed by atoms with Gasteiger partial charge in [0.25, 0.3) is 5.91 Å². The third-order valence-corrected chi connectivity index (χ3v) is 5.49. The largest absolute Gasteiger partial charge is 0.447 e. The van der Waals surface area contributed by atoms with Crippen LogP contribution in [0.15, 0.2) is 53.4 Å². The van der Waals surface area contributed by atoms with E-state index in [4.69, 9.17) is 27.6 Å². The minimum absolute atomic E-state index is 0.252. The summed E-state index contributed by atoms with van der Waals surface area (Å²) in [4.78, 5) is 23.0.